The number of rotatable bonds is 5. The highest BCUT2D eigenvalue weighted by Gasteiger charge is 2.14. The molecule has 134 valence electrons. The Morgan fingerprint density at radius 2 is 1.77 bits per heavy atom. The summed E-state index contributed by atoms with van der Waals surface area (Å²) >= 11 is 5.82. The number of hydrogen-bond acceptors (Lipinski definition) is 7. The third-order valence-corrected chi connectivity index (χ3v) is 4.50. The minimum Gasteiger partial charge on any atom is -0.452 e. The van der Waals surface area contributed by atoms with Crippen LogP contribution in [0.15, 0.2) is 57.9 Å². The zero-order valence-electron chi connectivity index (χ0n) is 13.1. The average molecular weight is 394 g/mol. The Kier molecular flexibility index (Phi) is 5.03. The van der Waals surface area contributed by atoms with E-state index in [1.165, 1.54) is 24.3 Å². The second-order valence-electron chi connectivity index (χ2n) is 5.16. The number of ether oxygens (including phenoxy) is 1. The summed E-state index contributed by atoms with van der Waals surface area (Å²) in [5, 5.41) is 9.38. The van der Waals surface area contributed by atoms with Gasteiger partial charge in [-0.3, -0.25) is 0 Å². The van der Waals surface area contributed by atoms with E-state index < -0.39 is 16.0 Å². The van der Waals surface area contributed by atoms with E-state index in [4.69, 9.17) is 26.0 Å². The second kappa shape index (κ2) is 7.24. The van der Waals surface area contributed by atoms with Crippen LogP contribution in [0.5, 0.6) is 0 Å². The van der Waals surface area contributed by atoms with Crippen LogP contribution >= 0.6 is 11.6 Å². The highest BCUT2D eigenvalue weighted by molar-refractivity contribution is 7.89. The third-order valence-electron chi connectivity index (χ3n) is 3.32. The van der Waals surface area contributed by atoms with Gasteiger partial charge in [-0.15, -0.1) is 0 Å². The second-order valence-corrected chi connectivity index (χ2v) is 7.16. The molecule has 3 aromatic rings. The van der Waals surface area contributed by atoms with Crippen LogP contribution in [0.25, 0.3) is 11.4 Å². The van der Waals surface area contributed by atoms with Crippen LogP contribution in [0.4, 0.5) is 0 Å². The molecule has 0 spiro atoms. The van der Waals surface area contributed by atoms with Gasteiger partial charge in [0.05, 0.1) is 10.5 Å². The molecule has 26 heavy (non-hydrogen) atoms. The normalized spacial score (nSPS) is 11.3. The summed E-state index contributed by atoms with van der Waals surface area (Å²) in [6, 6.07) is 11.9. The summed E-state index contributed by atoms with van der Waals surface area (Å²) in [6.45, 7) is -0.226. The van der Waals surface area contributed by atoms with E-state index in [0.717, 1.165) is 0 Å². The van der Waals surface area contributed by atoms with E-state index in [2.05, 4.69) is 10.1 Å². The minimum atomic E-state index is -3.82. The van der Waals surface area contributed by atoms with Gasteiger partial charge < -0.3 is 9.26 Å². The van der Waals surface area contributed by atoms with Crippen molar-refractivity contribution >= 4 is 27.6 Å². The molecular weight excluding hydrogens is 382 g/mol. The van der Waals surface area contributed by atoms with Gasteiger partial charge in [-0.2, -0.15) is 4.98 Å². The molecule has 0 aliphatic rings. The molecule has 0 saturated carbocycles. The lowest BCUT2D eigenvalue weighted by Crippen LogP contribution is -2.12. The molecule has 0 amide bonds. The Labute approximate surface area is 153 Å². The molecule has 0 atom stereocenters. The van der Waals surface area contributed by atoms with Crippen LogP contribution in [0, 0.1) is 0 Å². The maximum absolute atomic E-state index is 12.0. The number of esters is 1. The topological polar surface area (TPSA) is 125 Å². The predicted molar refractivity (Wildman–Crippen MR) is 91.7 cm³/mol. The zero-order chi connectivity index (χ0) is 18.7. The molecule has 0 aliphatic heterocycles. The summed E-state index contributed by atoms with van der Waals surface area (Å²) in [5.41, 5.74) is 0.865. The molecule has 0 fully saturated rings. The largest absolute Gasteiger partial charge is 0.452 e. The van der Waals surface area contributed by atoms with Crippen molar-refractivity contribution in [1.29, 1.82) is 0 Å². The zero-order valence-corrected chi connectivity index (χ0v) is 14.7. The fraction of sp³-hybridized carbons (Fsp3) is 0.0625. The Balaban J connectivity index is 1.64. The number of nitrogens with two attached hydrogens (primary N) is 1. The number of nitrogens with zero attached hydrogens (tertiary/aromatic N) is 2. The lowest BCUT2D eigenvalue weighted by atomic mass is 10.2. The molecule has 0 bridgehead atoms. The summed E-state index contributed by atoms with van der Waals surface area (Å²) in [6.07, 6.45) is 0. The highest BCUT2D eigenvalue weighted by atomic mass is 35.5. The van der Waals surface area contributed by atoms with Crippen molar-refractivity contribution in [3.05, 3.63) is 65.0 Å². The monoisotopic (exact) mass is 393 g/mol. The Bertz CT molecular complexity index is 1030. The number of carbonyl (C=O) groups excluding carboxylic acids is 1. The molecule has 0 saturated heterocycles. The first-order valence-electron chi connectivity index (χ1n) is 7.21. The van der Waals surface area contributed by atoms with Gasteiger partial charge in [0.25, 0.3) is 5.89 Å². The molecule has 0 unspecified atom stereocenters. The molecule has 0 aliphatic carbocycles. The van der Waals surface area contributed by atoms with Crippen molar-refractivity contribution in [3.63, 3.8) is 0 Å². The van der Waals surface area contributed by atoms with E-state index in [0.29, 0.717) is 16.4 Å². The fourth-order valence-corrected chi connectivity index (χ4v) is 2.66. The van der Waals surface area contributed by atoms with Gasteiger partial charge >= 0.3 is 5.97 Å². The molecule has 1 aromatic heterocycles. The van der Waals surface area contributed by atoms with Gasteiger partial charge in [0.1, 0.15) is 0 Å². The van der Waals surface area contributed by atoms with Gasteiger partial charge in [-0.05, 0) is 48.5 Å². The Hall–Kier alpha value is -2.75. The summed E-state index contributed by atoms with van der Waals surface area (Å²) in [5.74, 6) is -0.216. The van der Waals surface area contributed by atoms with Gasteiger partial charge in [0.2, 0.25) is 15.8 Å². The van der Waals surface area contributed by atoms with Crippen molar-refractivity contribution in [2.75, 3.05) is 0 Å². The molecule has 3 rings (SSSR count). The van der Waals surface area contributed by atoms with Crippen LogP contribution in [-0.4, -0.2) is 24.5 Å². The minimum absolute atomic E-state index is 0.0986. The van der Waals surface area contributed by atoms with Gasteiger partial charge in [0.15, 0.2) is 6.61 Å². The molecule has 8 nitrogen and oxygen atoms in total. The molecule has 1 heterocycles. The van der Waals surface area contributed by atoms with Crippen molar-refractivity contribution in [2.45, 2.75) is 11.5 Å². The third kappa shape index (κ3) is 4.26. The van der Waals surface area contributed by atoms with Crippen molar-refractivity contribution in [3.8, 4) is 11.4 Å². The lowest BCUT2D eigenvalue weighted by Gasteiger charge is -2.03. The summed E-state index contributed by atoms with van der Waals surface area (Å²) in [7, 11) is -3.82. The Morgan fingerprint density at radius 1 is 1.12 bits per heavy atom. The summed E-state index contributed by atoms with van der Waals surface area (Å²) in [4.78, 5) is 16.0. The predicted octanol–water partition coefficient (Wildman–Crippen LogP) is 2.39. The van der Waals surface area contributed by atoms with E-state index in [-0.39, 0.29) is 23.0 Å². The van der Waals surface area contributed by atoms with Gasteiger partial charge in [0, 0.05) is 10.6 Å². The number of halogens is 1. The first-order valence-corrected chi connectivity index (χ1v) is 9.14. The van der Waals surface area contributed by atoms with Crippen molar-refractivity contribution in [2.24, 2.45) is 5.14 Å². The average Bonchev–Trinajstić information content (AvgIpc) is 3.08. The number of carbonyl (C=O) groups is 1. The van der Waals surface area contributed by atoms with Crippen LogP contribution in [0.2, 0.25) is 5.02 Å². The van der Waals surface area contributed by atoms with Crippen LogP contribution in [-0.2, 0) is 21.4 Å². The molecular formula is C16H12ClN3O5S. The van der Waals surface area contributed by atoms with E-state index >= 15 is 0 Å². The fourth-order valence-electron chi connectivity index (χ4n) is 2.02. The summed E-state index contributed by atoms with van der Waals surface area (Å²) < 4.78 is 32.5. The molecule has 10 heteroatoms. The quantitative estimate of drug-likeness (QED) is 0.659. The van der Waals surface area contributed by atoms with E-state index in [9.17, 15) is 13.2 Å². The highest BCUT2D eigenvalue weighted by Crippen LogP contribution is 2.19. The van der Waals surface area contributed by atoms with Crippen LogP contribution in [0.3, 0.4) is 0 Å². The number of sulfonamides is 1. The van der Waals surface area contributed by atoms with Gasteiger partial charge in [-0.25, -0.2) is 18.4 Å². The molecule has 2 aromatic carbocycles. The first-order chi connectivity index (χ1) is 12.3. The number of benzene rings is 2. The Morgan fingerprint density at radius 3 is 2.38 bits per heavy atom. The number of hydrogen-bond donors (Lipinski definition) is 1. The number of aromatic nitrogens is 2. The van der Waals surface area contributed by atoms with E-state index in [1.54, 1.807) is 24.3 Å². The first kappa shape index (κ1) is 18.1. The number of primary sulfonamides is 1. The lowest BCUT2D eigenvalue weighted by molar-refractivity contribution is 0.0429. The molecule has 0 radical (unpaired) electrons. The molecule has 2 N–H and O–H groups in total. The standard InChI is InChI=1S/C16H12ClN3O5S/c17-12-5-1-10(2-6-12)15-19-14(25-20-15)9-24-16(21)11-3-7-13(8-4-11)26(18,22)23/h1-8H,9H2,(H2,18,22,23). The van der Waals surface area contributed by atoms with Crippen LogP contribution in [0.1, 0.15) is 16.2 Å². The maximum Gasteiger partial charge on any atom is 0.338 e. The van der Waals surface area contributed by atoms with E-state index in [1.807, 2.05) is 0 Å². The van der Waals surface area contributed by atoms with Crippen molar-refractivity contribution < 1.29 is 22.5 Å². The van der Waals surface area contributed by atoms with Gasteiger partial charge in [-0.1, -0.05) is 16.8 Å². The SMILES string of the molecule is NS(=O)(=O)c1ccc(C(=O)OCc2nc(-c3ccc(Cl)cc3)no2)cc1. The maximum atomic E-state index is 12.0. The van der Waals surface area contributed by atoms with Crippen LogP contribution < -0.4 is 5.14 Å². The van der Waals surface area contributed by atoms with Crippen molar-refractivity contribution in [1.82, 2.24) is 10.1 Å². The smallest absolute Gasteiger partial charge is 0.338 e.